The predicted molar refractivity (Wildman–Crippen MR) is 76.7 cm³/mol. The van der Waals surface area contributed by atoms with Crippen LogP contribution >= 0.6 is 21.3 Å². The third kappa shape index (κ3) is 4.09. The Hall–Kier alpha value is 0.760. The lowest BCUT2D eigenvalue weighted by Gasteiger charge is -2.24. The summed E-state index contributed by atoms with van der Waals surface area (Å²) in [5.41, 5.74) is 0. The molecule has 0 unspecified atom stereocenters. The van der Waals surface area contributed by atoms with Gasteiger partial charge in [-0.15, -0.1) is 0 Å². The molecule has 1 rings (SSSR count). The van der Waals surface area contributed by atoms with E-state index in [2.05, 4.69) is 45.8 Å². The van der Waals surface area contributed by atoms with Gasteiger partial charge in [0.2, 0.25) is 0 Å². The van der Waals surface area contributed by atoms with E-state index in [0.717, 1.165) is 0 Å². The minimum Gasteiger partial charge on any atom is -0.264 e. The van der Waals surface area contributed by atoms with Crippen LogP contribution in [0.5, 0.6) is 0 Å². The van der Waals surface area contributed by atoms with Gasteiger partial charge in [0, 0.05) is 0 Å². The molecule has 14 heavy (non-hydrogen) atoms. The van der Waals surface area contributed by atoms with Crippen molar-refractivity contribution in [3.05, 3.63) is 0 Å². The molecule has 0 spiro atoms. The summed E-state index contributed by atoms with van der Waals surface area (Å²) in [5.74, 6) is 2.48. The zero-order chi connectivity index (χ0) is 11.0. The van der Waals surface area contributed by atoms with Crippen LogP contribution in [0.2, 0.25) is 0 Å². The fourth-order valence-electron chi connectivity index (χ4n) is 1.95. The van der Waals surface area contributed by atoms with Crippen molar-refractivity contribution in [1.29, 1.82) is 0 Å². The lowest BCUT2D eigenvalue weighted by molar-refractivity contribution is 1.34. The highest BCUT2D eigenvalue weighted by molar-refractivity contribution is 7.83. The average Bonchev–Trinajstić information content (AvgIpc) is 1.75. The quantitative estimate of drug-likeness (QED) is 0.576. The maximum absolute atomic E-state index is 5.06. The van der Waals surface area contributed by atoms with E-state index in [4.69, 9.17) is 9.03 Å². The summed E-state index contributed by atoms with van der Waals surface area (Å²) < 4.78 is 10.1. The van der Waals surface area contributed by atoms with Gasteiger partial charge in [-0.25, -0.2) is 0 Å². The van der Waals surface area contributed by atoms with Gasteiger partial charge in [0.05, 0.1) is 7.21 Å². The van der Waals surface area contributed by atoms with Gasteiger partial charge in [-0.1, -0.05) is 5.80 Å². The molecule has 5 heteroatoms. The largest absolute Gasteiger partial charge is 0.264 e. The Morgan fingerprint density at radius 1 is 0.929 bits per heavy atom. The fourth-order valence-corrected chi connectivity index (χ4v) is 14.0. The van der Waals surface area contributed by atoms with Crippen molar-refractivity contribution in [2.45, 2.75) is 6.42 Å². The summed E-state index contributed by atoms with van der Waals surface area (Å²) in [6.07, 6.45) is 2.50. The van der Waals surface area contributed by atoms with Crippen LogP contribution in [0.3, 0.4) is 0 Å². The highest BCUT2D eigenvalue weighted by atomic mass is 31.2. The maximum atomic E-state index is 5.06. The molecule has 0 saturated carbocycles. The standard InChI is InChI=1S/C9H23N2P3/c1-12(2)8-7-9-13(3,4)11-14(5,6)10-12/h8H,7,9H2,1-6H3. The monoisotopic (exact) mass is 252 g/mol. The van der Waals surface area contributed by atoms with E-state index >= 15 is 0 Å². The van der Waals surface area contributed by atoms with Gasteiger partial charge in [-0.2, -0.15) is 0 Å². The van der Waals surface area contributed by atoms with Gasteiger partial charge >= 0.3 is 0 Å². The van der Waals surface area contributed by atoms with Crippen LogP contribution in [0.1, 0.15) is 6.42 Å². The first-order valence-corrected chi connectivity index (χ1v) is 13.1. The second kappa shape index (κ2) is 3.97. The Bertz CT molecular complexity index is 375. The number of nitrogens with zero attached hydrogens (tertiary/aromatic N) is 2. The Morgan fingerprint density at radius 3 is 2.07 bits per heavy atom. The van der Waals surface area contributed by atoms with Crippen LogP contribution in [-0.4, -0.2) is 51.9 Å². The van der Waals surface area contributed by atoms with E-state index in [1.165, 1.54) is 12.6 Å². The summed E-state index contributed by atoms with van der Waals surface area (Å²) in [6.45, 7) is 13.8. The molecule has 0 aromatic rings. The van der Waals surface area contributed by atoms with Crippen molar-refractivity contribution in [1.82, 2.24) is 0 Å². The molecule has 0 N–H and O–H groups in total. The van der Waals surface area contributed by atoms with Crippen LogP contribution < -0.4 is 0 Å². The third-order valence-corrected chi connectivity index (χ3v) is 12.0. The molecule has 0 aliphatic carbocycles. The summed E-state index contributed by atoms with van der Waals surface area (Å²) in [6, 6.07) is 0. The molecular formula is C9H23N2P3. The normalized spacial score (nSPS) is 28.7. The summed E-state index contributed by atoms with van der Waals surface area (Å²) >= 11 is 0. The Labute approximate surface area is 89.1 Å². The maximum Gasteiger partial charge on any atom is 0.0707 e. The molecule has 0 fully saturated rings. The summed E-state index contributed by atoms with van der Waals surface area (Å²) in [4.78, 5) is 0. The number of rotatable bonds is 0. The fraction of sp³-hybridized carbons (Fsp3) is 0.889. The van der Waals surface area contributed by atoms with Crippen LogP contribution in [0.4, 0.5) is 0 Å². The molecule has 2 nitrogen and oxygen atoms in total. The van der Waals surface area contributed by atoms with E-state index in [9.17, 15) is 0 Å². The molecule has 84 valence electrons. The Morgan fingerprint density at radius 2 is 1.50 bits per heavy atom. The zero-order valence-electron chi connectivity index (χ0n) is 10.2. The van der Waals surface area contributed by atoms with Crippen LogP contribution in [0.15, 0.2) is 9.03 Å². The molecule has 1 heterocycles. The minimum atomic E-state index is -1.33. The molecule has 1 aliphatic heterocycles. The van der Waals surface area contributed by atoms with Gasteiger partial charge in [0.1, 0.15) is 0 Å². The van der Waals surface area contributed by atoms with Gasteiger partial charge in [0.15, 0.2) is 0 Å². The second-order valence-electron chi connectivity index (χ2n) is 5.31. The number of hydrogen-bond donors (Lipinski definition) is 0. The third-order valence-electron chi connectivity index (χ3n) is 2.16. The van der Waals surface area contributed by atoms with Crippen molar-refractivity contribution in [2.75, 3.05) is 46.2 Å². The average molecular weight is 252 g/mol. The highest BCUT2D eigenvalue weighted by Gasteiger charge is 2.15. The van der Waals surface area contributed by atoms with Gasteiger partial charge in [-0.05, 0) is 66.7 Å². The first-order valence-electron chi connectivity index (χ1n) is 4.97. The van der Waals surface area contributed by atoms with Crippen LogP contribution in [0.25, 0.3) is 0 Å². The lowest BCUT2D eigenvalue weighted by atomic mass is 10.6. The second-order valence-corrected chi connectivity index (χ2v) is 16.4. The first-order chi connectivity index (χ1) is 6.12. The molecule has 0 saturated heterocycles. The SMILES string of the molecule is CP1(C)=CCCP(C)(C)=NP(C)(C)=N1. The van der Waals surface area contributed by atoms with E-state index in [0.29, 0.717) is 0 Å². The molecule has 0 aromatic carbocycles. The molecule has 0 amide bonds. The van der Waals surface area contributed by atoms with Crippen molar-refractivity contribution in [3.8, 4) is 0 Å². The Balaban J connectivity index is 3.33. The van der Waals surface area contributed by atoms with Crippen molar-refractivity contribution in [3.63, 3.8) is 0 Å². The topological polar surface area (TPSA) is 24.7 Å². The van der Waals surface area contributed by atoms with Gasteiger partial charge in [0.25, 0.3) is 0 Å². The van der Waals surface area contributed by atoms with Crippen LogP contribution in [-0.2, 0) is 0 Å². The van der Waals surface area contributed by atoms with E-state index in [-0.39, 0.29) is 0 Å². The predicted octanol–water partition coefficient (Wildman–Crippen LogP) is 4.22. The van der Waals surface area contributed by atoms with Crippen LogP contribution in [0, 0.1) is 0 Å². The molecule has 0 atom stereocenters. The van der Waals surface area contributed by atoms with Gasteiger partial charge in [-0.3, -0.25) is 9.03 Å². The number of hydrogen-bond acceptors (Lipinski definition) is 2. The molecular weight excluding hydrogens is 229 g/mol. The minimum absolute atomic E-state index is 1.02. The van der Waals surface area contributed by atoms with Crippen molar-refractivity contribution < 1.29 is 0 Å². The molecule has 0 aromatic heterocycles. The summed E-state index contributed by atoms with van der Waals surface area (Å²) in [7, 11) is -3.46. The molecule has 0 radical (unpaired) electrons. The lowest BCUT2D eigenvalue weighted by Crippen LogP contribution is -1.93. The van der Waals surface area contributed by atoms with E-state index in [1.54, 1.807) is 0 Å². The highest BCUT2D eigenvalue weighted by Crippen LogP contribution is 2.63. The van der Waals surface area contributed by atoms with E-state index in [1.807, 2.05) is 0 Å². The first kappa shape index (κ1) is 12.8. The Kier molecular flexibility index (Phi) is 3.64. The summed E-state index contributed by atoms with van der Waals surface area (Å²) in [5, 5.41) is 0. The van der Waals surface area contributed by atoms with E-state index < -0.39 is 21.3 Å². The smallest absolute Gasteiger partial charge is 0.0707 e. The van der Waals surface area contributed by atoms with Crippen molar-refractivity contribution >= 4 is 27.1 Å². The zero-order valence-corrected chi connectivity index (χ0v) is 12.9. The van der Waals surface area contributed by atoms with Gasteiger partial charge < -0.3 is 0 Å². The molecule has 0 bridgehead atoms. The molecule has 1 aliphatic rings. The van der Waals surface area contributed by atoms with Crippen molar-refractivity contribution in [2.24, 2.45) is 9.03 Å².